The first-order valence-corrected chi connectivity index (χ1v) is 12.2. The van der Waals surface area contributed by atoms with Crippen LogP contribution in [0, 0.1) is 0 Å². The van der Waals surface area contributed by atoms with Crippen LogP contribution >= 0.6 is 12.2 Å². The van der Waals surface area contributed by atoms with Gasteiger partial charge in [0, 0.05) is 17.8 Å². The zero-order chi connectivity index (χ0) is 27.7. The van der Waals surface area contributed by atoms with Crippen molar-refractivity contribution in [2.24, 2.45) is 0 Å². The van der Waals surface area contributed by atoms with Crippen LogP contribution in [-0.2, 0) is 0 Å². The molecule has 2 atom stereocenters. The zero-order valence-electron chi connectivity index (χ0n) is 20.8. The van der Waals surface area contributed by atoms with Gasteiger partial charge in [0.05, 0.1) is 42.8 Å². The Kier molecular flexibility index (Phi) is 6.90. The van der Waals surface area contributed by atoms with Gasteiger partial charge in [-0.25, -0.2) is 9.59 Å². The zero-order valence-corrected chi connectivity index (χ0v) is 21.6. The lowest BCUT2D eigenvalue weighted by molar-refractivity contribution is 0.0696. The van der Waals surface area contributed by atoms with Gasteiger partial charge in [-0.15, -0.1) is 0 Å². The third-order valence-electron chi connectivity index (χ3n) is 6.37. The van der Waals surface area contributed by atoms with Crippen LogP contribution < -0.4 is 19.7 Å². The van der Waals surface area contributed by atoms with Crippen molar-refractivity contribution in [3.05, 3.63) is 95.5 Å². The third kappa shape index (κ3) is 4.87. The topological polar surface area (TPSA) is 134 Å². The van der Waals surface area contributed by atoms with E-state index in [4.69, 9.17) is 26.1 Å². The van der Waals surface area contributed by atoms with Gasteiger partial charge >= 0.3 is 11.9 Å². The van der Waals surface area contributed by atoms with Gasteiger partial charge in [0.2, 0.25) is 0 Å². The Balaban J connectivity index is 1.64. The Hall–Kier alpha value is -4.90. The first-order valence-electron chi connectivity index (χ1n) is 11.7. The van der Waals surface area contributed by atoms with Crippen molar-refractivity contribution in [3.8, 4) is 22.8 Å². The van der Waals surface area contributed by atoms with Crippen molar-refractivity contribution in [3.63, 3.8) is 0 Å². The van der Waals surface area contributed by atoms with E-state index in [0.717, 1.165) is 11.8 Å². The molecular weight excluding hydrogens is 522 g/mol. The minimum atomic E-state index is -1.25. The van der Waals surface area contributed by atoms with Crippen LogP contribution in [-0.4, -0.2) is 46.5 Å². The first kappa shape index (κ1) is 25.7. The Morgan fingerprint density at radius 3 is 2.33 bits per heavy atom. The summed E-state index contributed by atoms with van der Waals surface area (Å²) in [5, 5.41) is 22.7. The molecule has 5 rings (SSSR count). The molecule has 0 bridgehead atoms. The number of hydrogen-bond acceptors (Lipinski definition) is 7. The van der Waals surface area contributed by atoms with Crippen LogP contribution in [0.25, 0.3) is 11.3 Å². The summed E-state index contributed by atoms with van der Waals surface area (Å²) in [6, 6.07) is 17.3. The SMILES string of the molecule is COc1ccc(N2C(=S)N[C@@H](c3ccccn3)[C@@H]2c2ccc(-c3cc(C(=O)O)cc(C(=O)O)c3)o2)c(OC)c1. The standard InChI is InChI=1S/C28H23N3O7S/c1-36-18-6-7-20(23(14-18)37-2)31-25(24(30-28(31)39)19-5-3-4-10-29-19)22-9-8-21(38-22)15-11-16(26(32)33)13-17(12-15)27(34)35/h3-14,24-25H,1-2H3,(H,30,39)(H,32,33)(H,34,35)/t24-,25-/m0/s1. The first-order chi connectivity index (χ1) is 18.8. The maximum atomic E-state index is 11.6. The number of aromatic nitrogens is 1. The summed E-state index contributed by atoms with van der Waals surface area (Å²) in [5.74, 6) is -0.566. The molecule has 0 saturated carbocycles. The molecule has 2 aromatic carbocycles. The average Bonchev–Trinajstić information content (AvgIpc) is 3.57. The van der Waals surface area contributed by atoms with Gasteiger partial charge in [-0.2, -0.15) is 0 Å². The van der Waals surface area contributed by atoms with Crippen LogP contribution in [0.3, 0.4) is 0 Å². The molecule has 0 amide bonds. The van der Waals surface area contributed by atoms with E-state index < -0.39 is 24.0 Å². The minimum Gasteiger partial charge on any atom is -0.497 e. The van der Waals surface area contributed by atoms with E-state index in [1.54, 1.807) is 44.7 Å². The summed E-state index contributed by atoms with van der Waals surface area (Å²) in [4.78, 5) is 29.7. The number of methoxy groups -OCH3 is 2. The van der Waals surface area contributed by atoms with E-state index >= 15 is 0 Å². The number of carbonyl (C=O) groups is 2. The van der Waals surface area contributed by atoms with E-state index in [0.29, 0.717) is 39.4 Å². The lowest BCUT2D eigenvalue weighted by Gasteiger charge is -2.27. The lowest BCUT2D eigenvalue weighted by atomic mass is 10.0. The molecule has 1 saturated heterocycles. The Bertz CT molecular complexity index is 1540. The lowest BCUT2D eigenvalue weighted by Crippen LogP contribution is -2.29. The van der Waals surface area contributed by atoms with Crippen molar-refractivity contribution in [2.75, 3.05) is 19.1 Å². The number of carboxylic acid groups (broad SMARTS) is 2. The fraction of sp³-hybridized carbons (Fsp3) is 0.143. The fourth-order valence-electron chi connectivity index (χ4n) is 4.57. The predicted octanol–water partition coefficient (Wildman–Crippen LogP) is 4.93. The molecule has 1 fully saturated rings. The van der Waals surface area contributed by atoms with Gasteiger partial charge in [0.25, 0.3) is 0 Å². The molecule has 4 aromatic rings. The van der Waals surface area contributed by atoms with Gasteiger partial charge in [-0.3, -0.25) is 4.98 Å². The molecule has 3 N–H and O–H groups in total. The molecular formula is C28H23N3O7S. The number of ether oxygens (including phenoxy) is 2. The molecule has 1 aliphatic rings. The number of pyridine rings is 1. The highest BCUT2D eigenvalue weighted by Gasteiger charge is 2.43. The van der Waals surface area contributed by atoms with E-state index in [1.165, 1.54) is 12.1 Å². The van der Waals surface area contributed by atoms with E-state index in [2.05, 4.69) is 10.3 Å². The molecule has 0 spiro atoms. The molecule has 0 unspecified atom stereocenters. The van der Waals surface area contributed by atoms with Crippen molar-refractivity contribution < 1.29 is 33.7 Å². The minimum absolute atomic E-state index is 0.164. The van der Waals surface area contributed by atoms with Crippen molar-refractivity contribution in [1.29, 1.82) is 0 Å². The van der Waals surface area contributed by atoms with Crippen LogP contribution in [0.15, 0.2) is 77.3 Å². The summed E-state index contributed by atoms with van der Waals surface area (Å²) >= 11 is 5.77. The maximum absolute atomic E-state index is 11.6. The molecule has 39 heavy (non-hydrogen) atoms. The van der Waals surface area contributed by atoms with Gasteiger partial charge in [-0.1, -0.05) is 6.07 Å². The van der Waals surface area contributed by atoms with Gasteiger partial charge in [0.1, 0.15) is 29.1 Å². The maximum Gasteiger partial charge on any atom is 0.335 e. The number of benzene rings is 2. The molecule has 3 heterocycles. The Morgan fingerprint density at radius 1 is 0.974 bits per heavy atom. The number of rotatable bonds is 8. The molecule has 11 heteroatoms. The highest BCUT2D eigenvalue weighted by atomic mass is 32.1. The molecule has 10 nitrogen and oxygen atoms in total. The predicted molar refractivity (Wildman–Crippen MR) is 146 cm³/mol. The number of thiocarbonyl (C=S) groups is 1. The molecule has 2 aromatic heterocycles. The Labute approximate surface area is 228 Å². The second-order valence-corrected chi connectivity index (χ2v) is 9.03. The van der Waals surface area contributed by atoms with Gasteiger partial charge < -0.3 is 34.3 Å². The quantitative estimate of drug-likeness (QED) is 0.260. The second-order valence-electron chi connectivity index (χ2n) is 8.65. The van der Waals surface area contributed by atoms with Crippen LogP contribution in [0.2, 0.25) is 0 Å². The van der Waals surface area contributed by atoms with Crippen molar-refractivity contribution in [2.45, 2.75) is 12.1 Å². The number of carboxylic acids is 2. The smallest absolute Gasteiger partial charge is 0.335 e. The van der Waals surface area contributed by atoms with Crippen LogP contribution in [0.4, 0.5) is 5.69 Å². The summed E-state index contributed by atoms with van der Waals surface area (Å²) in [6.45, 7) is 0. The number of nitrogens with one attached hydrogen (secondary N) is 1. The third-order valence-corrected chi connectivity index (χ3v) is 6.69. The summed E-state index contributed by atoms with van der Waals surface area (Å²) in [7, 11) is 3.12. The molecule has 1 aliphatic heterocycles. The fourth-order valence-corrected chi connectivity index (χ4v) is 4.91. The number of aromatic carboxylic acids is 2. The van der Waals surface area contributed by atoms with E-state index in [-0.39, 0.29) is 11.1 Å². The van der Waals surface area contributed by atoms with Crippen LogP contribution in [0.5, 0.6) is 11.5 Å². The normalized spacial score (nSPS) is 16.6. The summed E-state index contributed by atoms with van der Waals surface area (Å²) in [6.07, 6.45) is 1.69. The van der Waals surface area contributed by atoms with Gasteiger partial charge in [-0.05, 0) is 66.8 Å². The van der Waals surface area contributed by atoms with Crippen LogP contribution in [0.1, 0.15) is 44.3 Å². The summed E-state index contributed by atoms with van der Waals surface area (Å²) < 4.78 is 17.3. The Morgan fingerprint density at radius 2 is 1.72 bits per heavy atom. The second kappa shape index (κ2) is 10.5. The largest absolute Gasteiger partial charge is 0.497 e. The molecule has 0 aliphatic carbocycles. The number of furan rings is 1. The summed E-state index contributed by atoms with van der Waals surface area (Å²) in [5.41, 5.74) is 1.37. The monoisotopic (exact) mass is 545 g/mol. The van der Waals surface area contributed by atoms with Crippen molar-refractivity contribution >= 4 is 35.0 Å². The number of hydrogen-bond donors (Lipinski definition) is 3. The highest BCUT2D eigenvalue weighted by molar-refractivity contribution is 7.80. The van der Waals surface area contributed by atoms with Gasteiger partial charge in [0.15, 0.2) is 5.11 Å². The van der Waals surface area contributed by atoms with E-state index in [1.807, 2.05) is 29.2 Å². The molecule has 0 radical (unpaired) electrons. The van der Waals surface area contributed by atoms with Crippen molar-refractivity contribution in [1.82, 2.24) is 10.3 Å². The van der Waals surface area contributed by atoms with E-state index in [9.17, 15) is 19.8 Å². The molecule has 198 valence electrons. The average molecular weight is 546 g/mol. The highest BCUT2D eigenvalue weighted by Crippen LogP contribution is 2.46. The number of anilines is 1. The number of nitrogens with zero attached hydrogens (tertiary/aromatic N) is 2.